The summed E-state index contributed by atoms with van der Waals surface area (Å²) < 4.78 is 30.9. The van der Waals surface area contributed by atoms with Crippen molar-refractivity contribution in [2.75, 3.05) is 45.1 Å². The molecule has 156 valence electrons. The number of hydrogen-bond donors (Lipinski definition) is 0. The molecule has 1 fully saturated rings. The van der Waals surface area contributed by atoms with Gasteiger partial charge in [0.05, 0.1) is 22.3 Å². The highest BCUT2D eigenvalue weighted by Gasteiger charge is 2.23. The second kappa shape index (κ2) is 8.82. The molecule has 29 heavy (non-hydrogen) atoms. The number of benzene rings is 2. The zero-order valence-corrected chi connectivity index (χ0v) is 18.4. The standard InChI is InChI=1S/C21H24Cl2N2O3S/c22-18-2-3-19(23)21(14-18)29(26,27)12-10-24-6-8-25(9-7-24)15-16-1-4-20-17(13-16)5-11-28-20/h1-4,13-14H,5-12,15H2. The van der Waals surface area contributed by atoms with E-state index in [0.717, 1.165) is 51.5 Å². The van der Waals surface area contributed by atoms with Crippen LogP contribution in [-0.2, 0) is 22.8 Å². The van der Waals surface area contributed by atoms with E-state index in [1.165, 1.54) is 23.3 Å². The second-order valence-corrected chi connectivity index (χ2v) is 10.5. The zero-order chi connectivity index (χ0) is 20.4. The normalized spacial score (nSPS) is 17.9. The molecule has 0 aromatic heterocycles. The van der Waals surface area contributed by atoms with Crippen molar-refractivity contribution >= 4 is 33.0 Å². The Morgan fingerprint density at radius 1 is 0.966 bits per heavy atom. The van der Waals surface area contributed by atoms with Crippen LogP contribution >= 0.6 is 23.2 Å². The first kappa shape index (κ1) is 20.9. The number of nitrogens with zero attached hydrogens (tertiary/aromatic N) is 2. The highest BCUT2D eigenvalue weighted by molar-refractivity contribution is 7.91. The molecule has 0 aliphatic carbocycles. The molecule has 2 heterocycles. The molecule has 2 aromatic carbocycles. The van der Waals surface area contributed by atoms with Crippen molar-refractivity contribution in [3.05, 3.63) is 57.6 Å². The third kappa shape index (κ3) is 5.06. The second-order valence-electron chi connectivity index (χ2n) is 7.55. The monoisotopic (exact) mass is 454 g/mol. The van der Waals surface area contributed by atoms with Gasteiger partial charge in [-0.2, -0.15) is 0 Å². The van der Waals surface area contributed by atoms with Gasteiger partial charge in [0.15, 0.2) is 9.84 Å². The summed E-state index contributed by atoms with van der Waals surface area (Å²) in [5.74, 6) is 1.05. The minimum absolute atomic E-state index is 0.0396. The quantitative estimate of drug-likeness (QED) is 0.667. The van der Waals surface area contributed by atoms with Gasteiger partial charge in [-0.15, -0.1) is 0 Å². The zero-order valence-electron chi connectivity index (χ0n) is 16.1. The Bertz CT molecular complexity index is 989. The first-order valence-electron chi connectivity index (χ1n) is 9.78. The van der Waals surface area contributed by atoms with Crippen molar-refractivity contribution in [2.24, 2.45) is 0 Å². The van der Waals surface area contributed by atoms with Gasteiger partial charge in [0.1, 0.15) is 5.75 Å². The summed E-state index contributed by atoms with van der Waals surface area (Å²) in [5, 5.41) is 0.596. The van der Waals surface area contributed by atoms with Crippen LogP contribution in [0.2, 0.25) is 10.0 Å². The fourth-order valence-electron chi connectivity index (χ4n) is 3.84. The van der Waals surface area contributed by atoms with Crippen molar-refractivity contribution in [2.45, 2.75) is 17.9 Å². The van der Waals surface area contributed by atoms with E-state index in [0.29, 0.717) is 11.6 Å². The van der Waals surface area contributed by atoms with Gasteiger partial charge < -0.3 is 4.74 Å². The lowest BCUT2D eigenvalue weighted by atomic mass is 10.1. The van der Waals surface area contributed by atoms with Gasteiger partial charge in [-0.3, -0.25) is 9.80 Å². The van der Waals surface area contributed by atoms with Crippen LogP contribution in [-0.4, -0.2) is 63.3 Å². The largest absolute Gasteiger partial charge is 0.493 e. The molecule has 2 aliphatic heterocycles. The van der Waals surface area contributed by atoms with Crippen LogP contribution in [0.25, 0.3) is 0 Å². The Hall–Kier alpha value is -1.31. The number of ether oxygens (including phenoxy) is 1. The Balaban J connectivity index is 1.28. The van der Waals surface area contributed by atoms with Crippen LogP contribution in [0.15, 0.2) is 41.3 Å². The van der Waals surface area contributed by atoms with Crippen molar-refractivity contribution in [3.8, 4) is 5.75 Å². The average molecular weight is 455 g/mol. The smallest absolute Gasteiger partial charge is 0.181 e. The lowest BCUT2D eigenvalue weighted by molar-refractivity contribution is 0.132. The predicted molar refractivity (Wildman–Crippen MR) is 116 cm³/mol. The van der Waals surface area contributed by atoms with E-state index in [1.807, 2.05) is 0 Å². The van der Waals surface area contributed by atoms with Gasteiger partial charge in [-0.25, -0.2) is 8.42 Å². The van der Waals surface area contributed by atoms with E-state index in [2.05, 4.69) is 28.0 Å². The van der Waals surface area contributed by atoms with E-state index < -0.39 is 9.84 Å². The number of hydrogen-bond acceptors (Lipinski definition) is 5. The van der Waals surface area contributed by atoms with Gasteiger partial charge in [-0.05, 0) is 35.4 Å². The summed E-state index contributed by atoms with van der Waals surface area (Å²) in [4.78, 5) is 4.73. The molecule has 8 heteroatoms. The average Bonchev–Trinajstić information content (AvgIpc) is 3.17. The van der Waals surface area contributed by atoms with Crippen molar-refractivity contribution in [3.63, 3.8) is 0 Å². The van der Waals surface area contributed by atoms with Crippen LogP contribution in [0.4, 0.5) is 0 Å². The fourth-order valence-corrected chi connectivity index (χ4v) is 5.94. The van der Waals surface area contributed by atoms with E-state index in [-0.39, 0.29) is 15.7 Å². The molecule has 0 atom stereocenters. The first-order chi connectivity index (χ1) is 13.9. The maximum atomic E-state index is 12.7. The number of fused-ring (bicyclic) bond motifs is 1. The number of rotatable bonds is 6. The Morgan fingerprint density at radius 3 is 2.52 bits per heavy atom. The van der Waals surface area contributed by atoms with Gasteiger partial charge in [0.25, 0.3) is 0 Å². The number of halogens is 2. The molecule has 5 nitrogen and oxygen atoms in total. The molecule has 0 spiro atoms. The lowest BCUT2D eigenvalue weighted by Gasteiger charge is -2.34. The topological polar surface area (TPSA) is 49.9 Å². The fraction of sp³-hybridized carbons (Fsp3) is 0.429. The van der Waals surface area contributed by atoms with Crippen molar-refractivity contribution in [1.82, 2.24) is 9.80 Å². The molecular formula is C21H24Cl2N2O3S. The molecule has 4 rings (SSSR count). The molecule has 0 amide bonds. The summed E-state index contributed by atoms with van der Waals surface area (Å²) in [6, 6.07) is 11.0. The highest BCUT2D eigenvalue weighted by Crippen LogP contribution is 2.27. The Morgan fingerprint density at radius 2 is 1.72 bits per heavy atom. The molecule has 2 aromatic rings. The van der Waals surface area contributed by atoms with Gasteiger partial charge >= 0.3 is 0 Å². The van der Waals surface area contributed by atoms with Gasteiger partial charge in [-0.1, -0.05) is 35.3 Å². The van der Waals surface area contributed by atoms with Gasteiger partial charge in [0.2, 0.25) is 0 Å². The minimum Gasteiger partial charge on any atom is -0.493 e. The highest BCUT2D eigenvalue weighted by atomic mass is 35.5. The summed E-state index contributed by atoms with van der Waals surface area (Å²) in [7, 11) is -3.46. The molecule has 1 saturated heterocycles. The SMILES string of the molecule is O=S(=O)(CCN1CCN(Cc2ccc3c(c2)CCO3)CC1)c1cc(Cl)ccc1Cl. The third-order valence-corrected chi connectivity index (χ3v) is 7.93. The molecule has 0 N–H and O–H groups in total. The molecule has 0 saturated carbocycles. The number of piperazine rings is 1. The predicted octanol–water partition coefficient (Wildman–Crippen LogP) is 3.52. The molecule has 0 radical (unpaired) electrons. The van der Waals surface area contributed by atoms with Gasteiger partial charge in [0, 0.05) is 50.7 Å². The lowest BCUT2D eigenvalue weighted by Crippen LogP contribution is -2.47. The maximum Gasteiger partial charge on any atom is 0.181 e. The Labute approximate surface area is 182 Å². The summed E-state index contributed by atoms with van der Waals surface area (Å²) in [6.07, 6.45) is 0.988. The molecular weight excluding hydrogens is 431 g/mol. The maximum absolute atomic E-state index is 12.7. The first-order valence-corrected chi connectivity index (χ1v) is 12.2. The van der Waals surface area contributed by atoms with Crippen LogP contribution in [0.5, 0.6) is 5.75 Å². The Kier molecular flexibility index (Phi) is 6.37. The van der Waals surface area contributed by atoms with E-state index >= 15 is 0 Å². The van der Waals surface area contributed by atoms with E-state index in [4.69, 9.17) is 27.9 Å². The summed E-state index contributed by atoms with van der Waals surface area (Å²) in [6.45, 7) is 5.74. The number of sulfone groups is 1. The third-order valence-electron chi connectivity index (χ3n) is 5.53. The van der Waals surface area contributed by atoms with E-state index in [1.54, 1.807) is 6.07 Å². The van der Waals surface area contributed by atoms with E-state index in [9.17, 15) is 8.42 Å². The van der Waals surface area contributed by atoms with Crippen LogP contribution in [0.1, 0.15) is 11.1 Å². The molecule has 0 unspecified atom stereocenters. The summed E-state index contributed by atoms with van der Waals surface area (Å²) in [5.41, 5.74) is 2.60. The minimum atomic E-state index is -3.46. The van der Waals surface area contributed by atoms with Crippen LogP contribution in [0, 0.1) is 0 Å². The molecule has 0 bridgehead atoms. The van der Waals surface area contributed by atoms with Crippen molar-refractivity contribution < 1.29 is 13.2 Å². The molecule has 2 aliphatic rings. The van der Waals surface area contributed by atoms with Crippen molar-refractivity contribution in [1.29, 1.82) is 0 Å². The van der Waals surface area contributed by atoms with Crippen LogP contribution < -0.4 is 4.74 Å². The summed E-state index contributed by atoms with van der Waals surface area (Å²) >= 11 is 12.0. The van der Waals surface area contributed by atoms with Crippen LogP contribution in [0.3, 0.4) is 0 Å².